The molecule has 1 saturated heterocycles. The first kappa shape index (κ1) is 23.5. The molecule has 0 radical (unpaired) electrons. The predicted molar refractivity (Wildman–Crippen MR) is 134 cm³/mol. The van der Waals surface area contributed by atoms with E-state index in [4.69, 9.17) is 4.74 Å². The molecule has 1 aromatic carbocycles. The summed E-state index contributed by atoms with van der Waals surface area (Å²) in [6, 6.07) is 12.4. The Morgan fingerprint density at radius 1 is 1.24 bits per heavy atom. The van der Waals surface area contributed by atoms with Crippen LogP contribution in [0.2, 0.25) is 0 Å². The number of nitrogens with one attached hydrogen (secondary N) is 1. The van der Waals surface area contributed by atoms with Gasteiger partial charge in [0.05, 0.1) is 18.0 Å². The van der Waals surface area contributed by atoms with E-state index in [0.717, 1.165) is 63.8 Å². The number of benzene rings is 1. The Hall–Kier alpha value is -1.25. The van der Waals surface area contributed by atoms with Gasteiger partial charge in [0.2, 0.25) is 10.0 Å². The highest BCUT2D eigenvalue weighted by Crippen LogP contribution is 2.46. The summed E-state index contributed by atoms with van der Waals surface area (Å²) < 4.78 is 34.4. The molecule has 1 N–H and O–H groups in total. The SMILES string of the molecule is CCc1cc2c(s1)CCO[C@@]21CCN(CC2CC(NS(=O)(=O)Cc3ccccc3)C2)[C@@H](C)C1. The van der Waals surface area contributed by atoms with E-state index in [1.54, 1.807) is 4.88 Å². The molecule has 3 heterocycles. The lowest BCUT2D eigenvalue weighted by atomic mass is 9.77. The first-order chi connectivity index (χ1) is 15.9. The van der Waals surface area contributed by atoms with Crippen LogP contribution in [0.15, 0.2) is 36.4 Å². The summed E-state index contributed by atoms with van der Waals surface area (Å²) in [5.41, 5.74) is 2.21. The molecule has 3 aliphatic rings. The van der Waals surface area contributed by atoms with Crippen LogP contribution in [-0.4, -0.2) is 45.1 Å². The number of thiophene rings is 1. The van der Waals surface area contributed by atoms with E-state index in [1.165, 1.54) is 10.4 Å². The van der Waals surface area contributed by atoms with Crippen molar-refractivity contribution in [3.8, 4) is 0 Å². The van der Waals surface area contributed by atoms with Gasteiger partial charge in [0.25, 0.3) is 0 Å². The van der Waals surface area contributed by atoms with Crippen LogP contribution in [0.5, 0.6) is 0 Å². The summed E-state index contributed by atoms with van der Waals surface area (Å²) in [7, 11) is -3.29. The Labute approximate surface area is 202 Å². The summed E-state index contributed by atoms with van der Waals surface area (Å²) in [5.74, 6) is 0.631. The highest BCUT2D eigenvalue weighted by atomic mass is 32.2. The van der Waals surface area contributed by atoms with Crippen molar-refractivity contribution in [2.45, 2.75) is 75.8 Å². The van der Waals surface area contributed by atoms with Crippen LogP contribution in [0.4, 0.5) is 0 Å². The number of sulfonamides is 1. The van der Waals surface area contributed by atoms with E-state index in [-0.39, 0.29) is 17.4 Å². The molecule has 1 aliphatic carbocycles. The Morgan fingerprint density at radius 2 is 2.03 bits per heavy atom. The molecule has 2 atom stereocenters. The van der Waals surface area contributed by atoms with Crippen LogP contribution < -0.4 is 4.72 Å². The van der Waals surface area contributed by atoms with Crippen molar-refractivity contribution < 1.29 is 13.2 Å². The highest BCUT2D eigenvalue weighted by molar-refractivity contribution is 7.88. The molecule has 2 aliphatic heterocycles. The second-order valence-corrected chi connectivity index (χ2v) is 13.2. The summed E-state index contributed by atoms with van der Waals surface area (Å²) in [4.78, 5) is 5.63. The maximum Gasteiger partial charge on any atom is 0.216 e. The number of rotatable bonds is 7. The van der Waals surface area contributed by atoms with Crippen molar-refractivity contribution in [3.63, 3.8) is 0 Å². The Bertz CT molecular complexity index is 1060. The molecular weight excluding hydrogens is 452 g/mol. The lowest BCUT2D eigenvalue weighted by molar-refractivity contribution is -0.114. The Balaban J connectivity index is 1.12. The molecule has 0 bridgehead atoms. The molecule has 0 amide bonds. The van der Waals surface area contributed by atoms with Crippen LogP contribution in [0.1, 0.15) is 60.4 Å². The number of likely N-dealkylation sites (tertiary alicyclic amines) is 1. The molecule has 1 spiro atoms. The van der Waals surface area contributed by atoms with Gasteiger partial charge >= 0.3 is 0 Å². The van der Waals surface area contributed by atoms with Gasteiger partial charge in [-0.2, -0.15) is 0 Å². The Morgan fingerprint density at radius 3 is 2.76 bits per heavy atom. The summed E-state index contributed by atoms with van der Waals surface area (Å²) in [6.07, 6.45) is 6.15. The lowest BCUT2D eigenvalue weighted by Gasteiger charge is -2.49. The van der Waals surface area contributed by atoms with E-state index in [0.29, 0.717) is 12.0 Å². The topological polar surface area (TPSA) is 58.6 Å². The number of hydrogen-bond acceptors (Lipinski definition) is 5. The normalized spacial score (nSPS) is 30.2. The van der Waals surface area contributed by atoms with Gasteiger partial charge in [-0.15, -0.1) is 11.3 Å². The maximum atomic E-state index is 12.5. The predicted octanol–water partition coefficient (Wildman–Crippen LogP) is 4.46. The molecule has 5 rings (SSSR count). The van der Waals surface area contributed by atoms with Gasteiger partial charge in [-0.1, -0.05) is 37.3 Å². The van der Waals surface area contributed by atoms with Crippen LogP contribution in [0, 0.1) is 5.92 Å². The lowest BCUT2D eigenvalue weighted by Crippen LogP contribution is -2.54. The van der Waals surface area contributed by atoms with E-state index in [9.17, 15) is 8.42 Å². The summed E-state index contributed by atoms with van der Waals surface area (Å²) in [5, 5.41) is 0. The van der Waals surface area contributed by atoms with Gasteiger partial charge in [-0.05, 0) is 62.1 Å². The average molecular weight is 489 g/mol. The van der Waals surface area contributed by atoms with E-state index in [1.807, 2.05) is 41.7 Å². The first-order valence-corrected chi connectivity index (χ1v) is 14.9. The number of ether oxygens (including phenoxy) is 1. The molecule has 5 nitrogen and oxygen atoms in total. The molecule has 7 heteroatoms. The fourth-order valence-electron chi connectivity index (χ4n) is 5.95. The molecule has 1 aromatic heterocycles. The van der Waals surface area contributed by atoms with Crippen molar-refractivity contribution in [2.24, 2.45) is 5.92 Å². The molecule has 0 unspecified atom stereocenters. The average Bonchev–Trinajstić information content (AvgIpc) is 3.19. The van der Waals surface area contributed by atoms with Crippen molar-refractivity contribution >= 4 is 21.4 Å². The van der Waals surface area contributed by atoms with Crippen LogP contribution in [-0.2, 0) is 39.0 Å². The monoisotopic (exact) mass is 488 g/mol. The van der Waals surface area contributed by atoms with Gasteiger partial charge < -0.3 is 9.64 Å². The third-order valence-corrected chi connectivity index (χ3v) is 10.5. The largest absolute Gasteiger partial charge is 0.370 e. The smallest absolute Gasteiger partial charge is 0.216 e. The van der Waals surface area contributed by atoms with Crippen LogP contribution in [0.25, 0.3) is 0 Å². The second-order valence-electron chi connectivity index (χ2n) is 10.2. The molecule has 2 aromatic rings. The zero-order chi connectivity index (χ0) is 23.1. The zero-order valence-electron chi connectivity index (χ0n) is 19.8. The highest BCUT2D eigenvalue weighted by Gasteiger charge is 2.45. The van der Waals surface area contributed by atoms with Gasteiger partial charge in [-0.25, -0.2) is 13.1 Å². The van der Waals surface area contributed by atoms with Crippen molar-refractivity contribution in [2.75, 3.05) is 19.7 Å². The molecule has 2 fully saturated rings. The second kappa shape index (κ2) is 9.42. The van der Waals surface area contributed by atoms with Gasteiger partial charge in [0.15, 0.2) is 0 Å². The fraction of sp³-hybridized carbons (Fsp3) is 0.615. The minimum absolute atomic E-state index is 0.0601. The van der Waals surface area contributed by atoms with Crippen LogP contribution >= 0.6 is 11.3 Å². The molecule has 33 heavy (non-hydrogen) atoms. The third kappa shape index (κ3) is 5.08. The van der Waals surface area contributed by atoms with E-state index < -0.39 is 10.0 Å². The van der Waals surface area contributed by atoms with Gasteiger partial charge in [-0.3, -0.25) is 0 Å². The minimum Gasteiger partial charge on any atom is -0.370 e. The quantitative estimate of drug-likeness (QED) is 0.625. The number of hydrogen-bond donors (Lipinski definition) is 1. The number of aryl methyl sites for hydroxylation is 1. The first-order valence-electron chi connectivity index (χ1n) is 12.4. The third-order valence-electron chi connectivity index (χ3n) is 7.73. The van der Waals surface area contributed by atoms with Gasteiger partial charge in [0, 0.05) is 41.3 Å². The number of nitrogens with zero attached hydrogens (tertiary/aromatic N) is 1. The van der Waals surface area contributed by atoms with Crippen molar-refractivity contribution in [1.82, 2.24) is 9.62 Å². The standard InChI is InChI=1S/C26H36N2O3S2/c1-3-23-15-24-25(32-23)9-12-31-26(24)10-11-28(19(2)16-26)17-21-13-22(14-21)27-33(29,30)18-20-7-5-4-6-8-20/h4-8,15,19,21-22,27H,3,9-14,16-18H2,1-2H3/t19-,21?,22?,26+/m0/s1. The minimum atomic E-state index is -3.29. The maximum absolute atomic E-state index is 12.5. The van der Waals surface area contributed by atoms with Crippen molar-refractivity contribution in [3.05, 3.63) is 57.3 Å². The molecular formula is C26H36N2O3S2. The van der Waals surface area contributed by atoms with Crippen LogP contribution in [0.3, 0.4) is 0 Å². The number of fused-ring (bicyclic) bond motifs is 2. The summed E-state index contributed by atoms with van der Waals surface area (Å²) >= 11 is 1.98. The molecule has 1 saturated carbocycles. The van der Waals surface area contributed by atoms with Gasteiger partial charge in [0.1, 0.15) is 0 Å². The zero-order valence-corrected chi connectivity index (χ0v) is 21.4. The Kier molecular flexibility index (Phi) is 6.71. The van der Waals surface area contributed by atoms with Crippen molar-refractivity contribution in [1.29, 1.82) is 0 Å². The van der Waals surface area contributed by atoms with E-state index >= 15 is 0 Å². The van der Waals surface area contributed by atoms with E-state index in [2.05, 4.69) is 29.5 Å². The molecule has 180 valence electrons. The summed E-state index contributed by atoms with van der Waals surface area (Å²) in [6.45, 7) is 7.54. The number of piperidine rings is 1. The fourth-order valence-corrected chi connectivity index (χ4v) is 8.54.